The second-order valence-electron chi connectivity index (χ2n) is 5.59. The molecule has 1 aromatic heterocycles. The molecule has 0 spiro atoms. The lowest BCUT2D eigenvalue weighted by Crippen LogP contribution is -2.00. The number of imidazole rings is 1. The zero-order valence-electron chi connectivity index (χ0n) is 12.8. The molecule has 0 saturated carbocycles. The van der Waals surface area contributed by atoms with Crippen LogP contribution in [0.1, 0.15) is 0 Å². The highest BCUT2D eigenvalue weighted by molar-refractivity contribution is 5.85. The Kier molecular flexibility index (Phi) is 3.20. The van der Waals surface area contributed by atoms with Crippen LogP contribution in [0, 0.1) is 5.82 Å². The topological polar surface area (TPSA) is 69.9 Å². The van der Waals surface area contributed by atoms with Gasteiger partial charge in [0.1, 0.15) is 11.6 Å². The largest absolute Gasteiger partial charge is 0.399 e. The molecule has 0 aliphatic carbocycles. The summed E-state index contributed by atoms with van der Waals surface area (Å²) in [4.78, 5) is 4.67. The van der Waals surface area contributed by atoms with Crippen LogP contribution in [0.4, 0.5) is 15.8 Å². The van der Waals surface area contributed by atoms with Crippen LogP contribution in [-0.4, -0.2) is 9.55 Å². The van der Waals surface area contributed by atoms with Gasteiger partial charge in [0, 0.05) is 16.9 Å². The first-order chi connectivity index (χ1) is 11.6. The van der Waals surface area contributed by atoms with E-state index in [1.165, 1.54) is 6.07 Å². The van der Waals surface area contributed by atoms with Gasteiger partial charge in [-0.05, 0) is 54.6 Å². The maximum atomic E-state index is 14.4. The summed E-state index contributed by atoms with van der Waals surface area (Å²) in [6.07, 6.45) is 0. The van der Waals surface area contributed by atoms with Crippen LogP contribution in [0.15, 0.2) is 66.7 Å². The number of nitrogens with two attached hydrogens (primary N) is 2. The number of nitrogens with zero attached hydrogens (tertiary/aromatic N) is 2. The van der Waals surface area contributed by atoms with Gasteiger partial charge in [-0.25, -0.2) is 9.37 Å². The fourth-order valence-corrected chi connectivity index (χ4v) is 2.80. The number of rotatable bonds is 2. The van der Waals surface area contributed by atoms with Crippen molar-refractivity contribution in [2.24, 2.45) is 0 Å². The molecule has 0 radical (unpaired) electrons. The Morgan fingerprint density at radius 3 is 2.29 bits per heavy atom. The van der Waals surface area contributed by atoms with Gasteiger partial charge in [-0.2, -0.15) is 0 Å². The van der Waals surface area contributed by atoms with E-state index in [-0.39, 0.29) is 5.82 Å². The van der Waals surface area contributed by atoms with Crippen LogP contribution in [0.25, 0.3) is 28.1 Å². The Labute approximate surface area is 138 Å². The molecule has 0 bridgehead atoms. The van der Waals surface area contributed by atoms with Crippen LogP contribution >= 0.6 is 0 Å². The summed E-state index contributed by atoms with van der Waals surface area (Å²) in [6.45, 7) is 0. The molecule has 4 aromatic rings. The van der Waals surface area contributed by atoms with Crippen molar-refractivity contribution in [1.29, 1.82) is 0 Å². The van der Waals surface area contributed by atoms with E-state index in [2.05, 4.69) is 4.98 Å². The third-order valence-corrected chi connectivity index (χ3v) is 3.94. The fourth-order valence-electron chi connectivity index (χ4n) is 2.80. The standard InChI is InChI=1S/C19H15FN4/c20-15-3-1-2-4-17(15)24-18-10-9-14(22)11-16(18)23-19(24)12-5-7-13(21)8-6-12/h1-11H,21-22H2. The highest BCUT2D eigenvalue weighted by Crippen LogP contribution is 2.30. The molecule has 3 aromatic carbocycles. The summed E-state index contributed by atoms with van der Waals surface area (Å²) in [5.41, 5.74) is 15.7. The summed E-state index contributed by atoms with van der Waals surface area (Å²) in [5.74, 6) is 0.325. The Hall–Kier alpha value is -3.34. The quantitative estimate of drug-likeness (QED) is 0.549. The lowest BCUT2D eigenvalue weighted by atomic mass is 10.2. The Balaban J connectivity index is 2.07. The molecule has 24 heavy (non-hydrogen) atoms. The van der Waals surface area contributed by atoms with Gasteiger partial charge in [0.05, 0.1) is 16.7 Å². The van der Waals surface area contributed by atoms with Crippen LogP contribution in [0.2, 0.25) is 0 Å². The molecule has 0 unspecified atom stereocenters. The normalized spacial score (nSPS) is 11.0. The lowest BCUT2D eigenvalue weighted by Gasteiger charge is -2.10. The van der Waals surface area contributed by atoms with Crippen molar-refractivity contribution in [3.8, 4) is 17.1 Å². The van der Waals surface area contributed by atoms with E-state index in [9.17, 15) is 4.39 Å². The van der Waals surface area contributed by atoms with Gasteiger partial charge in [0.2, 0.25) is 0 Å². The monoisotopic (exact) mass is 318 g/mol. The summed E-state index contributed by atoms with van der Waals surface area (Å²) < 4.78 is 16.2. The first-order valence-corrected chi connectivity index (χ1v) is 7.52. The van der Waals surface area contributed by atoms with Crippen LogP contribution in [0.3, 0.4) is 0 Å². The zero-order chi connectivity index (χ0) is 16.7. The second kappa shape index (κ2) is 5.38. The van der Waals surface area contributed by atoms with Crippen LogP contribution in [-0.2, 0) is 0 Å². The first kappa shape index (κ1) is 14.3. The third-order valence-electron chi connectivity index (χ3n) is 3.94. The molecule has 4 rings (SSSR count). The molecule has 0 fully saturated rings. The minimum absolute atomic E-state index is 0.315. The summed E-state index contributed by atoms with van der Waals surface area (Å²) in [5, 5.41) is 0. The van der Waals surface area contributed by atoms with E-state index in [1.54, 1.807) is 47.0 Å². The molecule has 4 N–H and O–H groups in total. The van der Waals surface area contributed by atoms with Crippen molar-refractivity contribution < 1.29 is 4.39 Å². The van der Waals surface area contributed by atoms with E-state index in [4.69, 9.17) is 11.5 Å². The van der Waals surface area contributed by atoms with Gasteiger partial charge < -0.3 is 11.5 Å². The van der Waals surface area contributed by atoms with E-state index in [0.717, 1.165) is 11.1 Å². The summed E-state index contributed by atoms with van der Waals surface area (Å²) >= 11 is 0. The molecular formula is C19H15FN4. The molecule has 0 saturated heterocycles. The Bertz CT molecular complexity index is 1040. The number of aromatic nitrogens is 2. The van der Waals surface area contributed by atoms with E-state index < -0.39 is 0 Å². The van der Waals surface area contributed by atoms with Crippen molar-refractivity contribution in [3.63, 3.8) is 0 Å². The first-order valence-electron chi connectivity index (χ1n) is 7.52. The number of hydrogen-bond acceptors (Lipinski definition) is 3. The molecule has 0 atom stereocenters. The van der Waals surface area contributed by atoms with Crippen molar-refractivity contribution in [3.05, 3.63) is 72.5 Å². The number of nitrogen functional groups attached to an aromatic ring is 2. The molecule has 0 aliphatic rings. The van der Waals surface area contributed by atoms with Crippen molar-refractivity contribution in [2.45, 2.75) is 0 Å². The maximum Gasteiger partial charge on any atom is 0.147 e. The van der Waals surface area contributed by atoms with Gasteiger partial charge in [0.25, 0.3) is 0 Å². The van der Waals surface area contributed by atoms with Crippen LogP contribution in [0.5, 0.6) is 0 Å². The van der Waals surface area contributed by atoms with Crippen molar-refractivity contribution in [1.82, 2.24) is 9.55 Å². The zero-order valence-corrected chi connectivity index (χ0v) is 12.8. The fraction of sp³-hybridized carbons (Fsp3) is 0. The third kappa shape index (κ3) is 2.27. The minimum atomic E-state index is -0.315. The number of para-hydroxylation sites is 1. The van der Waals surface area contributed by atoms with Gasteiger partial charge in [0.15, 0.2) is 0 Å². The average molecular weight is 318 g/mol. The smallest absolute Gasteiger partial charge is 0.147 e. The van der Waals surface area contributed by atoms with Crippen molar-refractivity contribution >= 4 is 22.4 Å². The number of benzene rings is 3. The van der Waals surface area contributed by atoms with Gasteiger partial charge in [-0.15, -0.1) is 0 Å². The molecule has 0 aliphatic heterocycles. The van der Waals surface area contributed by atoms with E-state index >= 15 is 0 Å². The van der Waals surface area contributed by atoms with Gasteiger partial charge in [-0.3, -0.25) is 4.57 Å². The second-order valence-corrected chi connectivity index (χ2v) is 5.59. The summed E-state index contributed by atoms with van der Waals surface area (Å²) in [6, 6.07) is 19.4. The van der Waals surface area contributed by atoms with E-state index in [1.807, 2.05) is 18.2 Å². The minimum Gasteiger partial charge on any atom is -0.399 e. The molecule has 4 nitrogen and oxygen atoms in total. The highest BCUT2D eigenvalue weighted by atomic mass is 19.1. The molecule has 5 heteroatoms. The molecule has 0 amide bonds. The SMILES string of the molecule is Nc1ccc(-c2nc3cc(N)ccc3n2-c2ccccc2F)cc1. The summed E-state index contributed by atoms with van der Waals surface area (Å²) in [7, 11) is 0. The number of fused-ring (bicyclic) bond motifs is 1. The molecule has 118 valence electrons. The highest BCUT2D eigenvalue weighted by Gasteiger charge is 2.16. The number of halogens is 1. The predicted molar refractivity (Wildman–Crippen MR) is 95.3 cm³/mol. The number of anilines is 2. The van der Waals surface area contributed by atoms with Gasteiger partial charge in [-0.1, -0.05) is 12.1 Å². The van der Waals surface area contributed by atoms with Crippen molar-refractivity contribution in [2.75, 3.05) is 11.5 Å². The maximum absolute atomic E-state index is 14.4. The molecule has 1 heterocycles. The number of hydrogen-bond donors (Lipinski definition) is 2. The lowest BCUT2D eigenvalue weighted by molar-refractivity contribution is 0.620. The Morgan fingerprint density at radius 1 is 0.833 bits per heavy atom. The molecular weight excluding hydrogens is 303 g/mol. The predicted octanol–water partition coefficient (Wildman–Crippen LogP) is 4.00. The Morgan fingerprint density at radius 2 is 1.54 bits per heavy atom. The van der Waals surface area contributed by atoms with Crippen LogP contribution < -0.4 is 11.5 Å². The average Bonchev–Trinajstić information content (AvgIpc) is 2.94. The van der Waals surface area contributed by atoms with Gasteiger partial charge >= 0.3 is 0 Å². The van der Waals surface area contributed by atoms with E-state index in [0.29, 0.717) is 28.4 Å².